The normalized spacial score (nSPS) is 11.0. The van der Waals surface area contributed by atoms with Gasteiger partial charge in [0.25, 0.3) is 5.56 Å². The van der Waals surface area contributed by atoms with Crippen LogP contribution in [0, 0.1) is 5.92 Å². The molecular formula is C14H24BrN3O. The first-order valence-corrected chi connectivity index (χ1v) is 7.85. The van der Waals surface area contributed by atoms with Crippen LogP contribution in [0.4, 0.5) is 5.69 Å². The van der Waals surface area contributed by atoms with E-state index in [2.05, 4.69) is 40.2 Å². The molecule has 0 fully saturated rings. The van der Waals surface area contributed by atoms with Crippen molar-refractivity contribution < 1.29 is 0 Å². The number of nitrogens with zero attached hydrogens (tertiary/aromatic N) is 2. The first-order valence-electron chi connectivity index (χ1n) is 7.05. The van der Waals surface area contributed by atoms with Gasteiger partial charge in [-0.1, -0.05) is 33.6 Å². The smallest absolute Gasteiger partial charge is 0.283 e. The van der Waals surface area contributed by atoms with Gasteiger partial charge < -0.3 is 5.32 Å². The van der Waals surface area contributed by atoms with Gasteiger partial charge in [0.1, 0.15) is 4.47 Å². The lowest BCUT2D eigenvalue weighted by atomic mass is 10.1. The van der Waals surface area contributed by atoms with E-state index < -0.39 is 0 Å². The summed E-state index contributed by atoms with van der Waals surface area (Å²) >= 11 is 3.36. The van der Waals surface area contributed by atoms with Crippen LogP contribution in [0.25, 0.3) is 0 Å². The third kappa shape index (κ3) is 5.35. The molecule has 0 spiro atoms. The number of halogens is 1. The molecule has 4 nitrogen and oxygen atoms in total. The Balaban J connectivity index is 2.51. The quantitative estimate of drug-likeness (QED) is 0.740. The predicted molar refractivity (Wildman–Crippen MR) is 83.7 cm³/mol. The molecule has 0 radical (unpaired) electrons. The molecule has 108 valence electrons. The third-order valence-electron chi connectivity index (χ3n) is 2.94. The van der Waals surface area contributed by atoms with Crippen LogP contribution in [0.5, 0.6) is 0 Å². The fraction of sp³-hybridized carbons (Fsp3) is 0.714. The molecule has 1 N–H and O–H groups in total. The average Bonchev–Trinajstić information content (AvgIpc) is 2.37. The first-order chi connectivity index (χ1) is 9.06. The summed E-state index contributed by atoms with van der Waals surface area (Å²) in [4.78, 5) is 12.0. The molecule has 0 saturated heterocycles. The van der Waals surface area contributed by atoms with Crippen molar-refractivity contribution in [1.29, 1.82) is 0 Å². The fourth-order valence-corrected chi connectivity index (χ4v) is 2.31. The Morgan fingerprint density at radius 1 is 1.42 bits per heavy atom. The maximum atomic E-state index is 12.0. The summed E-state index contributed by atoms with van der Waals surface area (Å²) in [7, 11) is 0. The SMILES string of the molecule is CCCn1ncc(NCCCCC(C)C)c(Br)c1=O. The van der Waals surface area contributed by atoms with Crippen LogP contribution in [-0.2, 0) is 6.54 Å². The molecule has 0 aliphatic heterocycles. The first kappa shape index (κ1) is 16.2. The highest BCUT2D eigenvalue weighted by Crippen LogP contribution is 2.16. The van der Waals surface area contributed by atoms with Crippen molar-refractivity contribution in [2.45, 2.75) is 53.0 Å². The summed E-state index contributed by atoms with van der Waals surface area (Å²) in [5, 5.41) is 7.44. The summed E-state index contributed by atoms with van der Waals surface area (Å²) < 4.78 is 2.08. The Labute approximate surface area is 123 Å². The Morgan fingerprint density at radius 3 is 2.79 bits per heavy atom. The standard InChI is InChI=1S/C14H24BrN3O/c1-4-9-18-14(19)13(15)12(10-17-18)16-8-6-5-7-11(2)3/h10-11,16H,4-9H2,1-3H3. The van der Waals surface area contributed by atoms with Crippen molar-refractivity contribution in [3.8, 4) is 0 Å². The molecule has 0 amide bonds. The van der Waals surface area contributed by atoms with Crippen LogP contribution in [0.2, 0.25) is 0 Å². The van der Waals surface area contributed by atoms with Crippen molar-refractivity contribution in [2.24, 2.45) is 5.92 Å². The zero-order chi connectivity index (χ0) is 14.3. The molecule has 19 heavy (non-hydrogen) atoms. The van der Waals surface area contributed by atoms with Crippen LogP contribution in [-0.4, -0.2) is 16.3 Å². The number of hydrogen-bond acceptors (Lipinski definition) is 3. The lowest BCUT2D eigenvalue weighted by molar-refractivity contribution is 0.544. The topological polar surface area (TPSA) is 46.9 Å². The molecule has 0 atom stereocenters. The fourth-order valence-electron chi connectivity index (χ4n) is 1.86. The molecule has 5 heteroatoms. The molecule has 0 aliphatic rings. The van der Waals surface area contributed by atoms with E-state index in [1.165, 1.54) is 17.5 Å². The van der Waals surface area contributed by atoms with E-state index in [1.54, 1.807) is 6.20 Å². The minimum atomic E-state index is -0.0611. The van der Waals surface area contributed by atoms with Gasteiger partial charge in [-0.2, -0.15) is 5.10 Å². The van der Waals surface area contributed by atoms with E-state index in [1.807, 2.05) is 6.92 Å². The van der Waals surface area contributed by atoms with E-state index in [9.17, 15) is 4.79 Å². The second-order valence-corrected chi connectivity index (χ2v) is 6.01. The highest BCUT2D eigenvalue weighted by Gasteiger charge is 2.07. The average molecular weight is 330 g/mol. The zero-order valence-electron chi connectivity index (χ0n) is 12.1. The lowest BCUT2D eigenvalue weighted by Crippen LogP contribution is -2.24. The van der Waals surface area contributed by atoms with E-state index in [4.69, 9.17) is 0 Å². The van der Waals surface area contributed by atoms with Crippen molar-refractivity contribution in [1.82, 2.24) is 9.78 Å². The molecule has 0 aromatic carbocycles. The van der Waals surface area contributed by atoms with Gasteiger partial charge in [-0.05, 0) is 34.7 Å². The summed E-state index contributed by atoms with van der Waals surface area (Å²) in [6.07, 6.45) is 6.20. The highest BCUT2D eigenvalue weighted by atomic mass is 79.9. The monoisotopic (exact) mass is 329 g/mol. The Morgan fingerprint density at radius 2 is 2.16 bits per heavy atom. The van der Waals surface area contributed by atoms with Crippen LogP contribution < -0.4 is 10.9 Å². The molecule has 1 aromatic heterocycles. The van der Waals surface area contributed by atoms with Crippen molar-refractivity contribution in [3.63, 3.8) is 0 Å². The van der Waals surface area contributed by atoms with Gasteiger partial charge in [0.15, 0.2) is 0 Å². The van der Waals surface area contributed by atoms with Crippen LogP contribution in [0.15, 0.2) is 15.5 Å². The molecule has 1 rings (SSSR count). The highest BCUT2D eigenvalue weighted by molar-refractivity contribution is 9.10. The Bertz CT molecular complexity index is 443. The van der Waals surface area contributed by atoms with Gasteiger partial charge >= 0.3 is 0 Å². The summed E-state index contributed by atoms with van der Waals surface area (Å²) in [6.45, 7) is 8.04. The van der Waals surface area contributed by atoms with Crippen molar-refractivity contribution in [2.75, 3.05) is 11.9 Å². The number of hydrogen-bond donors (Lipinski definition) is 1. The lowest BCUT2D eigenvalue weighted by Gasteiger charge is -2.10. The Hall–Kier alpha value is -0.840. The number of unbranched alkanes of at least 4 members (excludes halogenated alkanes) is 1. The zero-order valence-corrected chi connectivity index (χ0v) is 13.7. The van der Waals surface area contributed by atoms with Gasteiger partial charge in [0.05, 0.1) is 11.9 Å². The predicted octanol–water partition coefficient (Wildman–Crippen LogP) is 3.65. The largest absolute Gasteiger partial charge is 0.383 e. The maximum absolute atomic E-state index is 12.0. The minimum Gasteiger partial charge on any atom is -0.383 e. The number of anilines is 1. The van der Waals surface area contributed by atoms with Gasteiger partial charge in [0, 0.05) is 13.1 Å². The summed E-state index contributed by atoms with van der Waals surface area (Å²) in [5.74, 6) is 0.756. The van der Waals surface area contributed by atoms with E-state index in [-0.39, 0.29) is 5.56 Å². The van der Waals surface area contributed by atoms with E-state index >= 15 is 0 Å². The van der Waals surface area contributed by atoms with Crippen LogP contribution in [0.1, 0.15) is 46.5 Å². The third-order valence-corrected chi connectivity index (χ3v) is 3.71. The minimum absolute atomic E-state index is 0.0611. The van der Waals surface area contributed by atoms with E-state index in [0.29, 0.717) is 11.0 Å². The van der Waals surface area contributed by atoms with E-state index in [0.717, 1.165) is 31.0 Å². The number of nitrogens with one attached hydrogen (secondary N) is 1. The van der Waals surface area contributed by atoms with Crippen LogP contribution in [0.3, 0.4) is 0 Å². The second-order valence-electron chi connectivity index (χ2n) is 5.22. The number of aryl methyl sites for hydroxylation is 1. The molecule has 1 aromatic rings. The van der Waals surface area contributed by atoms with Crippen molar-refractivity contribution in [3.05, 3.63) is 21.0 Å². The van der Waals surface area contributed by atoms with Gasteiger partial charge in [-0.25, -0.2) is 4.68 Å². The molecule has 0 bridgehead atoms. The molecule has 0 aliphatic carbocycles. The molecule has 0 unspecified atom stereocenters. The molecule has 0 saturated carbocycles. The second kappa shape index (κ2) is 8.35. The summed E-state index contributed by atoms with van der Waals surface area (Å²) in [5.41, 5.74) is 0.732. The van der Waals surface area contributed by atoms with Gasteiger partial charge in [-0.15, -0.1) is 0 Å². The van der Waals surface area contributed by atoms with Gasteiger partial charge in [-0.3, -0.25) is 4.79 Å². The van der Waals surface area contributed by atoms with Crippen LogP contribution >= 0.6 is 15.9 Å². The molecular weight excluding hydrogens is 306 g/mol. The number of aromatic nitrogens is 2. The van der Waals surface area contributed by atoms with Gasteiger partial charge in [0.2, 0.25) is 0 Å². The maximum Gasteiger partial charge on any atom is 0.283 e. The number of rotatable bonds is 8. The summed E-state index contributed by atoms with van der Waals surface area (Å²) in [6, 6.07) is 0. The molecule has 1 heterocycles. The van der Waals surface area contributed by atoms with Crippen molar-refractivity contribution >= 4 is 21.6 Å². The Kier molecular flexibility index (Phi) is 7.13.